The van der Waals surface area contributed by atoms with E-state index >= 15 is 0 Å². The summed E-state index contributed by atoms with van der Waals surface area (Å²) in [6.07, 6.45) is 7.16. The normalized spacial score (nSPS) is 34.1. The van der Waals surface area contributed by atoms with Crippen LogP contribution in [0.15, 0.2) is 23.8 Å². The van der Waals surface area contributed by atoms with Gasteiger partial charge in [-0.2, -0.15) is 0 Å². The largest absolute Gasteiger partial charge is 0.340 e. The maximum atomic E-state index is 5.82. The van der Waals surface area contributed by atoms with Crippen LogP contribution in [0.3, 0.4) is 0 Å². The van der Waals surface area contributed by atoms with Crippen LogP contribution in [-0.2, 0) is 9.47 Å². The molecule has 0 radical (unpaired) electrons. The predicted octanol–water partition coefficient (Wildman–Crippen LogP) is 1.35. The highest BCUT2D eigenvalue weighted by Gasteiger charge is 2.42. The second kappa shape index (κ2) is 3.50. The molecule has 14 heavy (non-hydrogen) atoms. The molecule has 2 N–H and O–H groups in total. The Morgan fingerprint density at radius 3 is 2.93 bits per heavy atom. The van der Waals surface area contributed by atoms with Crippen molar-refractivity contribution in [2.45, 2.75) is 38.3 Å². The Kier molecular flexibility index (Phi) is 2.47. The lowest BCUT2D eigenvalue weighted by Gasteiger charge is -2.20. The predicted molar refractivity (Wildman–Crippen MR) is 54.7 cm³/mol. The molecule has 0 saturated carbocycles. The van der Waals surface area contributed by atoms with Gasteiger partial charge in [0.05, 0.1) is 0 Å². The van der Waals surface area contributed by atoms with E-state index in [4.69, 9.17) is 15.2 Å². The first-order valence-electron chi connectivity index (χ1n) is 5.05. The molecule has 0 aromatic carbocycles. The summed E-state index contributed by atoms with van der Waals surface area (Å²) in [5.41, 5.74) is 6.79. The van der Waals surface area contributed by atoms with Gasteiger partial charge in [0.2, 0.25) is 0 Å². The van der Waals surface area contributed by atoms with Gasteiger partial charge in [0.1, 0.15) is 12.2 Å². The first-order valence-corrected chi connectivity index (χ1v) is 5.05. The van der Waals surface area contributed by atoms with E-state index in [1.54, 1.807) is 0 Å². The fourth-order valence-electron chi connectivity index (χ4n) is 1.99. The van der Waals surface area contributed by atoms with Crippen LogP contribution in [-0.4, -0.2) is 24.5 Å². The standard InChI is InChI=1S/C11H17NO2/c1-11(2)13-9-5-3-4-8(6-7-12)10(9)14-11/h3-5,9-10H,6-7,12H2,1-2H3/t9-,10+/m0/s1. The summed E-state index contributed by atoms with van der Waals surface area (Å²) in [6.45, 7) is 4.55. The number of allylic oxidation sites excluding steroid dienone is 2. The Morgan fingerprint density at radius 2 is 2.21 bits per heavy atom. The van der Waals surface area contributed by atoms with E-state index in [1.807, 2.05) is 26.0 Å². The summed E-state index contributed by atoms with van der Waals surface area (Å²) in [6, 6.07) is 0. The highest BCUT2D eigenvalue weighted by atomic mass is 16.7. The summed E-state index contributed by atoms with van der Waals surface area (Å²) in [5, 5.41) is 0. The van der Waals surface area contributed by atoms with Crippen LogP contribution >= 0.6 is 0 Å². The molecule has 78 valence electrons. The molecule has 1 fully saturated rings. The Hall–Kier alpha value is -0.640. The second-order valence-electron chi connectivity index (χ2n) is 4.19. The van der Waals surface area contributed by atoms with Gasteiger partial charge in [0.15, 0.2) is 5.79 Å². The highest BCUT2D eigenvalue weighted by Crippen LogP contribution is 2.35. The molecule has 3 nitrogen and oxygen atoms in total. The summed E-state index contributed by atoms with van der Waals surface area (Å²) in [5.74, 6) is -0.475. The molecule has 0 bridgehead atoms. The van der Waals surface area contributed by atoms with Crippen molar-refractivity contribution in [2.24, 2.45) is 5.73 Å². The molecular formula is C11H17NO2. The number of nitrogens with two attached hydrogens (primary N) is 1. The van der Waals surface area contributed by atoms with Crippen molar-refractivity contribution in [3.63, 3.8) is 0 Å². The van der Waals surface area contributed by atoms with Gasteiger partial charge in [-0.25, -0.2) is 0 Å². The minimum absolute atomic E-state index is 0.0662. The number of hydrogen-bond acceptors (Lipinski definition) is 3. The third-order valence-corrected chi connectivity index (χ3v) is 2.54. The van der Waals surface area contributed by atoms with Gasteiger partial charge in [0.25, 0.3) is 0 Å². The number of rotatable bonds is 2. The van der Waals surface area contributed by atoms with Gasteiger partial charge in [-0.1, -0.05) is 18.2 Å². The molecule has 2 rings (SSSR count). The van der Waals surface area contributed by atoms with E-state index < -0.39 is 5.79 Å². The van der Waals surface area contributed by atoms with Crippen LogP contribution in [0.2, 0.25) is 0 Å². The third kappa shape index (κ3) is 1.75. The van der Waals surface area contributed by atoms with Crippen molar-refractivity contribution in [3.05, 3.63) is 23.8 Å². The zero-order chi connectivity index (χ0) is 10.2. The zero-order valence-electron chi connectivity index (χ0n) is 8.69. The average Bonchev–Trinajstić information content (AvgIpc) is 2.41. The van der Waals surface area contributed by atoms with Crippen molar-refractivity contribution in [1.82, 2.24) is 0 Å². The number of hydrogen-bond donors (Lipinski definition) is 1. The molecule has 0 aromatic heterocycles. The Labute approximate surface area is 84.6 Å². The van der Waals surface area contributed by atoms with E-state index in [0.717, 1.165) is 6.42 Å². The van der Waals surface area contributed by atoms with Gasteiger partial charge < -0.3 is 15.2 Å². The molecule has 2 aliphatic rings. The lowest BCUT2D eigenvalue weighted by molar-refractivity contribution is -0.139. The van der Waals surface area contributed by atoms with Crippen molar-refractivity contribution < 1.29 is 9.47 Å². The smallest absolute Gasteiger partial charge is 0.164 e. The Balaban J connectivity index is 2.15. The van der Waals surface area contributed by atoms with E-state index in [0.29, 0.717) is 6.54 Å². The molecule has 0 aromatic rings. The molecule has 1 heterocycles. The topological polar surface area (TPSA) is 44.5 Å². The summed E-state index contributed by atoms with van der Waals surface area (Å²) >= 11 is 0. The average molecular weight is 195 g/mol. The van der Waals surface area contributed by atoms with E-state index in [2.05, 4.69) is 6.08 Å². The van der Waals surface area contributed by atoms with Crippen LogP contribution in [0.4, 0.5) is 0 Å². The zero-order valence-corrected chi connectivity index (χ0v) is 8.69. The molecule has 0 unspecified atom stereocenters. The fraction of sp³-hybridized carbons (Fsp3) is 0.636. The van der Waals surface area contributed by atoms with E-state index in [1.165, 1.54) is 5.57 Å². The molecule has 3 heteroatoms. The Morgan fingerprint density at radius 1 is 1.43 bits per heavy atom. The molecular weight excluding hydrogens is 178 g/mol. The SMILES string of the molecule is CC1(C)O[C@H]2C=CC=C(CCN)[C@H]2O1. The van der Waals surface area contributed by atoms with Crippen molar-refractivity contribution in [2.75, 3.05) is 6.54 Å². The number of fused-ring (bicyclic) bond motifs is 1. The van der Waals surface area contributed by atoms with Gasteiger partial charge in [-0.05, 0) is 32.4 Å². The van der Waals surface area contributed by atoms with Gasteiger partial charge >= 0.3 is 0 Å². The molecule has 0 spiro atoms. The van der Waals surface area contributed by atoms with Crippen LogP contribution in [0.1, 0.15) is 20.3 Å². The van der Waals surface area contributed by atoms with Gasteiger partial charge in [-0.3, -0.25) is 0 Å². The highest BCUT2D eigenvalue weighted by molar-refractivity contribution is 5.27. The molecule has 1 aliphatic carbocycles. The van der Waals surface area contributed by atoms with Gasteiger partial charge in [0, 0.05) is 0 Å². The maximum absolute atomic E-state index is 5.82. The summed E-state index contributed by atoms with van der Waals surface area (Å²) in [4.78, 5) is 0. The first kappa shape index (κ1) is 9.90. The second-order valence-corrected chi connectivity index (χ2v) is 4.19. The first-order chi connectivity index (χ1) is 6.62. The van der Waals surface area contributed by atoms with E-state index in [9.17, 15) is 0 Å². The maximum Gasteiger partial charge on any atom is 0.164 e. The molecule has 0 amide bonds. The minimum Gasteiger partial charge on any atom is -0.340 e. The summed E-state index contributed by atoms with van der Waals surface area (Å²) in [7, 11) is 0. The number of ether oxygens (including phenoxy) is 2. The lowest BCUT2D eigenvalue weighted by atomic mass is 9.97. The lowest BCUT2D eigenvalue weighted by Crippen LogP contribution is -2.26. The van der Waals surface area contributed by atoms with Crippen LogP contribution in [0.5, 0.6) is 0 Å². The van der Waals surface area contributed by atoms with Crippen LogP contribution in [0.25, 0.3) is 0 Å². The monoisotopic (exact) mass is 195 g/mol. The van der Waals surface area contributed by atoms with E-state index in [-0.39, 0.29) is 12.2 Å². The van der Waals surface area contributed by atoms with Gasteiger partial charge in [-0.15, -0.1) is 0 Å². The van der Waals surface area contributed by atoms with Crippen LogP contribution < -0.4 is 5.73 Å². The Bertz CT molecular complexity index is 281. The third-order valence-electron chi connectivity index (χ3n) is 2.54. The molecule has 1 saturated heterocycles. The molecule has 1 aliphatic heterocycles. The van der Waals surface area contributed by atoms with Crippen molar-refractivity contribution in [1.29, 1.82) is 0 Å². The fourth-order valence-corrected chi connectivity index (χ4v) is 1.99. The summed E-state index contributed by atoms with van der Waals surface area (Å²) < 4.78 is 11.6. The minimum atomic E-state index is -0.475. The van der Waals surface area contributed by atoms with Crippen molar-refractivity contribution >= 4 is 0 Å². The molecule has 2 atom stereocenters. The van der Waals surface area contributed by atoms with Crippen molar-refractivity contribution in [3.8, 4) is 0 Å². The quantitative estimate of drug-likeness (QED) is 0.723. The van der Waals surface area contributed by atoms with Crippen LogP contribution in [0, 0.1) is 0 Å².